The van der Waals surface area contributed by atoms with Crippen LogP contribution in [0, 0.1) is 0 Å². The van der Waals surface area contributed by atoms with Gasteiger partial charge in [-0.25, -0.2) is 4.79 Å². The van der Waals surface area contributed by atoms with E-state index in [9.17, 15) is 40.2 Å². The van der Waals surface area contributed by atoms with Crippen molar-refractivity contribution >= 4 is 16.9 Å². The van der Waals surface area contributed by atoms with Crippen molar-refractivity contribution in [2.45, 2.75) is 37.6 Å². The Balaban J connectivity index is 1.80. The molecule has 0 aliphatic carbocycles. The summed E-state index contributed by atoms with van der Waals surface area (Å²) in [6, 6.07) is 5.92. The number of benzene rings is 2. The lowest BCUT2D eigenvalue weighted by molar-refractivity contribution is -0.278. The first kappa shape index (κ1) is 27.7. The van der Waals surface area contributed by atoms with Crippen molar-refractivity contribution in [3.8, 4) is 40.1 Å². The summed E-state index contributed by atoms with van der Waals surface area (Å²) in [4.78, 5) is 25.2. The van der Waals surface area contributed by atoms with Crippen molar-refractivity contribution in [2.75, 3.05) is 13.7 Å². The molecule has 1 saturated heterocycles. The van der Waals surface area contributed by atoms with Gasteiger partial charge in [0.1, 0.15) is 53.5 Å². The van der Waals surface area contributed by atoms with Gasteiger partial charge in [-0.1, -0.05) is 6.08 Å². The minimum absolute atomic E-state index is 0.00968. The van der Waals surface area contributed by atoms with Gasteiger partial charge in [-0.3, -0.25) is 4.79 Å². The van der Waals surface area contributed by atoms with E-state index in [0.717, 1.165) is 18.2 Å². The van der Waals surface area contributed by atoms with E-state index in [-0.39, 0.29) is 33.8 Å². The molecule has 1 aliphatic rings. The number of hydrogen-bond donors (Lipinski definition) is 6. The van der Waals surface area contributed by atoms with Crippen LogP contribution in [-0.2, 0) is 14.3 Å². The Morgan fingerprint density at radius 2 is 1.77 bits per heavy atom. The van der Waals surface area contributed by atoms with Gasteiger partial charge in [-0.15, -0.1) is 0 Å². The van der Waals surface area contributed by atoms with Crippen LogP contribution in [0.15, 0.2) is 51.7 Å². The molecule has 1 fully saturated rings. The summed E-state index contributed by atoms with van der Waals surface area (Å²) in [6.45, 7) is 1.06. The summed E-state index contributed by atoms with van der Waals surface area (Å²) >= 11 is 0. The molecule has 0 radical (unpaired) electrons. The minimum atomic E-state index is -1.88. The summed E-state index contributed by atoms with van der Waals surface area (Å²) in [5, 5.41) is 61.2. The molecular formula is C26H26O13. The number of methoxy groups -OCH3 is 1. The van der Waals surface area contributed by atoms with Crippen LogP contribution in [0.2, 0.25) is 0 Å². The summed E-state index contributed by atoms with van der Waals surface area (Å²) < 4.78 is 27.2. The number of rotatable bonds is 7. The summed E-state index contributed by atoms with van der Waals surface area (Å²) in [5.74, 6) is -2.85. The largest absolute Gasteiger partial charge is 0.508 e. The summed E-state index contributed by atoms with van der Waals surface area (Å²) in [5.41, 5.74) is -1.02. The molecule has 13 heteroatoms. The van der Waals surface area contributed by atoms with Crippen molar-refractivity contribution in [1.29, 1.82) is 0 Å². The number of hydrogen-bond acceptors (Lipinski definition) is 13. The SMILES string of the molecule is C/C=C/C(=O)OC[C@H]1O[C@@H](Oc2c(-c3ccc(O)c(OC)c3)oc3cc(O)cc(O)c3c2=O)[C@H](O)[C@H](O)[C@@H]1O. The fourth-order valence-electron chi connectivity index (χ4n) is 4.00. The van der Waals surface area contributed by atoms with E-state index in [1.165, 1.54) is 31.4 Å². The number of allylic oxidation sites excluding steroid dienone is 1. The maximum Gasteiger partial charge on any atom is 0.330 e. The second-order valence-corrected chi connectivity index (χ2v) is 8.58. The molecule has 4 rings (SSSR count). The van der Waals surface area contributed by atoms with Crippen LogP contribution >= 0.6 is 0 Å². The summed E-state index contributed by atoms with van der Waals surface area (Å²) in [7, 11) is 1.30. The number of phenols is 3. The molecule has 39 heavy (non-hydrogen) atoms. The van der Waals surface area contributed by atoms with Crippen molar-refractivity contribution in [2.24, 2.45) is 0 Å². The Bertz CT molecular complexity index is 1460. The third-order valence-electron chi connectivity index (χ3n) is 5.95. The fraction of sp³-hybridized carbons (Fsp3) is 0.308. The molecule has 0 saturated carbocycles. The fourth-order valence-corrected chi connectivity index (χ4v) is 4.00. The highest BCUT2D eigenvalue weighted by atomic mass is 16.7. The highest BCUT2D eigenvalue weighted by Gasteiger charge is 2.46. The first-order chi connectivity index (χ1) is 18.5. The van der Waals surface area contributed by atoms with Crippen molar-refractivity contribution in [3.63, 3.8) is 0 Å². The molecule has 1 aliphatic heterocycles. The van der Waals surface area contributed by atoms with E-state index in [2.05, 4.69) is 0 Å². The Hall–Kier alpha value is -4.30. The number of carbonyl (C=O) groups excluding carboxylic acids is 1. The number of aliphatic hydroxyl groups excluding tert-OH is 3. The maximum atomic E-state index is 13.5. The van der Waals surface area contributed by atoms with E-state index in [4.69, 9.17) is 23.4 Å². The maximum absolute atomic E-state index is 13.5. The molecule has 1 aromatic heterocycles. The van der Waals surface area contributed by atoms with Gasteiger partial charge < -0.3 is 54.0 Å². The van der Waals surface area contributed by atoms with Crippen LogP contribution in [0.1, 0.15) is 6.92 Å². The van der Waals surface area contributed by atoms with Crippen molar-refractivity contribution < 1.29 is 58.8 Å². The smallest absolute Gasteiger partial charge is 0.330 e. The van der Waals surface area contributed by atoms with E-state index in [1.54, 1.807) is 6.92 Å². The van der Waals surface area contributed by atoms with Crippen LogP contribution in [-0.4, -0.2) is 81.0 Å². The lowest BCUT2D eigenvalue weighted by Gasteiger charge is -2.39. The number of carbonyl (C=O) groups is 1. The molecule has 0 amide bonds. The van der Waals surface area contributed by atoms with Gasteiger partial charge in [0.15, 0.2) is 17.3 Å². The highest BCUT2D eigenvalue weighted by molar-refractivity contribution is 5.88. The second-order valence-electron chi connectivity index (χ2n) is 8.58. The molecule has 208 valence electrons. The number of esters is 1. The lowest BCUT2D eigenvalue weighted by atomic mass is 9.99. The number of phenolic OH excluding ortho intramolecular Hbond substituents is 3. The van der Waals surface area contributed by atoms with Gasteiger partial charge >= 0.3 is 5.97 Å². The van der Waals surface area contributed by atoms with Gasteiger partial charge in [0, 0.05) is 23.8 Å². The average molecular weight is 546 g/mol. The number of aliphatic hydroxyl groups is 3. The Labute approximate surface area is 220 Å². The second kappa shape index (κ2) is 11.2. The van der Waals surface area contributed by atoms with Gasteiger partial charge in [0.05, 0.1) is 7.11 Å². The van der Waals surface area contributed by atoms with E-state index >= 15 is 0 Å². The quantitative estimate of drug-likeness (QED) is 0.180. The van der Waals surface area contributed by atoms with Crippen molar-refractivity contribution in [3.05, 3.63) is 52.7 Å². The molecule has 0 unspecified atom stereocenters. The number of ether oxygens (including phenoxy) is 4. The number of fused-ring (bicyclic) bond motifs is 1. The van der Waals surface area contributed by atoms with Crippen LogP contribution in [0.25, 0.3) is 22.3 Å². The van der Waals surface area contributed by atoms with Crippen LogP contribution in [0.3, 0.4) is 0 Å². The third-order valence-corrected chi connectivity index (χ3v) is 5.95. The molecule has 13 nitrogen and oxygen atoms in total. The van der Waals surface area contributed by atoms with E-state index < -0.39 is 66.0 Å². The molecule has 2 heterocycles. The van der Waals surface area contributed by atoms with Crippen LogP contribution in [0.4, 0.5) is 0 Å². The predicted octanol–water partition coefficient (Wildman–Crippen LogP) is 0.891. The highest BCUT2D eigenvalue weighted by Crippen LogP contribution is 2.39. The van der Waals surface area contributed by atoms with Crippen LogP contribution in [0.5, 0.6) is 28.7 Å². The van der Waals surface area contributed by atoms with Crippen LogP contribution < -0.4 is 14.9 Å². The monoisotopic (exact) mass is 546 g/mol. The zero-order valence-corrected chi connectivity index (χ0v) is 20.7. The zero-order chi connectivity index (χ0) is 28.4. The first-order valence-electron chi connectivity index (χ1n) is 11.6. The van der Waals surface area contributed by atoms with Gasteiger partial charge in [-0.05, 0) is 25.1 Å². The van der Waals surface area contributed by atoms with E-state index in [1.807, 2.05) is 0 Å². The van der Waals surface area contributed by atoms with Gasteiger partial charge in [0.25, 0.3) is 0 Å². The number of aromatic hydroxyl groups is 3. The van der Waals surface area contributed by atoms with Gasteiger partial charge in [-0.2, -0.15) is 0 Å². The standard InChI is InChI=1S/C26H26O13/c1-3-4-18(30)36-10-17-20(31)22(33)23(34)26(38-17)39-25-21(32)19-14(29)8-12(27)9-16(19)37-24(25)11-5-6-13(28)15(7-11)35-2/h3-9,17,20,22-23,26-29,31,33-34H,10H2,1-2H3/b4-3+/t17-,20-,22-,23-,26+/m1/s1. The van der Waals surface area contributed by atoms with E-state index in [0.29, 0.717) is 0 Å². The first-order valence-corrected chi connectivity index (χ1v) is 11.6. The molecule has 3 aromatic rings. The predicted molar refractivity (Wildman–Crippen MR) is 133 cm³/mol. The Morgan fingerprint density at radius 1 is 1.03 bits per heavy atom. The van der Waals surface area contributed by atoms with Gasteiger partial charge in [0.2, 0.25) is 17.5 Å². The molecule has 6 N–H and O–H groups in total. The Kier molecular flexibility index (Phi) is 7.97. The molecule has 0 bridgehead atoms. The normalized spacial score (nSPS) is 23.2. The lowest BCUT2D eigenvalue weighted by Crippen LogP contribution is -2.60. The van der Waals surface area contributed by atoms with Crippen molar-refractivity contribution in [1.82, 2.24) is 0 Å². The Morgan fingerprint density at radius 3 is 2.46 bits per heavy atom. The topological polar surface area (TPSA) is 206 Å². The molecule has 0 spiro atoms. The summed E-state index contributed by atoms with van der Waals surface area (Å²) in [6.07, 6.45) is -5.99. The minimum Gasteiger partial charge on any atom is -0.508 e. The average Bonchev–Trinajstić information content (AvgIpc) is 2.89. The molecular weight excluding hydrogens is 520 g/mol. The molecule has 5 atom stereocenters. The third kappa shape index (κ3) is 5.47. The zero-order valence-electron chi connectivity index (χ0n) is 20.7. The molecule has 2 aromatic carbocycles.